The summed E-state index contributed by atoms with van der Waals surface area (Å²) in [6, 6.07) is 10.7. The van der Waals surface area contributed by atoms with Crippen LogP contribution < -0.4 is 5.43 Å². The second kappa shape index (κ2) is 6.11. The standard InChI is InChI=1S/C14H12ClN3O/c1-10(12-6-2-3-7-13(12)15)17-18-14(19)11-5-4-8-16-9-11/h2-9H,1H3,(H,18,19). The maximum atomic E-state index is 11.8. The smallest absolute Gasteiger partial charge is 0.267 e. The number of hydrogen-bond donors (Lipinski definition) is 1. The number of aromatic nitrogens is 1. The lowest BCUT2D eigenvalue weighted by atomic mass is 10.1. The van der Waals surface area contributed by atoms with Crippen molar-refractivity contribution in [2.75, 3.05) is 0 Å². The van der Waals surface area contributed by atoms with Gasteiger partial charge in [0.2, 0.25) is 0 Å². The molecule has 0 fully saturated rings. The molecule has 0 spiro atoms. The minimum Gasteiger partial charge on any atom is -0.267 e. The topological polar surface area (TPSA) is 54.4 Å². The maximum Gasteiger partial charge on any atom is 0.272 e. The van der Waals surface area contributed by atoms with Crippen molar-refractivity contribution in [3.05, 3.63) is 64.9 Å². The number of benzene rings is 1. The Morgan fingerprint density at radius 3 is 2.74 bits per heavy atom. The number of halogens is 1. The number of pyridine rings is 1. The van der Waals surface area contributed by atoms with Crippen molar-refractivity contribution in [2.24, 2.45) is 5.10 Å². The van der Waals surface area contributed by atoms with Gasteiger partial charge in [-0.15, -0.1) is 0 Å². The maximum absolute atomic E-state index is 11.8. The molecule has 2 aromatic rings. The lowest BCUT2D eigenvalue weighted by Gasteiger charge is -2.04. The number of hydrogen-bond acceptors (Lipinski definition) is 3. The van der Waals surface area contributed by atoms with Crippen LogP contribution in [0.4, 0.5) is 0 Å². The molecular weight excluding hydrogens is 262 g/mol. The average Bonchev–Trinajstić information content (AvgIpc) is 2.46. The van der Waals surface area contributed by atoms with Crippen LogP contribution in [0.5, 0.6) is 0 Å². The molecule has 0 saturated carbocycles. The van der Waals surface area contributed by atoms with Gasteiger partial charge in [0, 0.05) is 23.0 Å². The van der Waals surface area contributed by atoms with Gasteiger partial charge in [-0.1, -0.05) is 29.8 Å². The van der Waals surface area contributed by atoms with Gasteiger partial charge >= 0.3 is 0 Å². The fourth-order valence-electron chi connectivity index (χ4n) is 1.51. The Hall–Kier alpha value is -2.20. The first-order valence-corrected chi connectivity index (χ1v) is 6.06. The van der Waals surface area contributed by atoms with Crippen LogP contribution in [-0.4, -0.2) is 16.6 Å². The monoisotopic (exact) mass is 273 g/mol. The van der Waals surface area contributed by atoms with Crippen molar-refractivity contribution in [1.29, 1.82) is 0 Å². The molecule has 1 aromatic carbocycles. The second-order valence-electron chi connectivity index (χ2n) is 3.86. The van der Waals surface area contributed by atoms with E-state index in [1.807, 2.05) is 18.2 Å². The third kappa shape index (κ3) is 3.39. The third-order valence-electron chi connectivity index (χ3n) is 2.51. The first kappa shape index (κ1) is 13.2. The largest absolute Gasteiger partial charge is 0.272 e. The van der Waals surface area contributed by atoms with E-state index >= 15 is 0 Å². The molecule has 5 heteroatoms. The number of carbonyl (C=O) groups is 1. The molecule has 1 N–H and O–H groups in total. The summed E-state index contributed by atoms with van der Waals surface area (Å²) in [5.41, 5.74) is 4.36. The SMILES string of the molecule is CC(=NNC(=O)c1cccnc1)c1ccccc1Cl. The highest BCUT2D eigenvalue weighted by Gasteiger charge is 2.05. The number of rotatable bonds is 3. The molecule has 1 amide bonds. The number of amides is 1. The van der Waals surface area contributed by atoms with Crippen LogP contribution in [0.15, 0.2) is 53.9 Å². The van der Waals surface area contributed by atoms with Gasteiger partial charge in [0.05, 0.1) is 11.3 Å². The molecule has 0 atom stereocenters. The number of nitrogens with zero attached hydrogens (tertiary/aromatic N) is 2. The van der Waals surface area contributed by atoms with E-state index in [9.17, 15) is 4.79 Å². The summed E-state index contributed by atoms with van der Waals surface area (Å²) >= 11 is 6.05. The summed E-state index contributed by atoms with van der Waals surface area (Å²) in [6.07, 6.45) is 3.09. The first-order valence-electron chi connectivity index (χ1n) is 5.68. The molecule has 0 saturated heterocycles. The van der Waals surface area contributed by atoms with Crippen LogP contribution in [0.2, 0.25) is 5.02 Å². The zero-order chi connectivity index (χ0) is 13.7. The van der Waals surface area contributed by atoms with Gasteiger partial charge in [-0.05, 0) is 25.1 Å². The Labute approximate surface area is 116 Å². The lowest BCUT2D eigenvalue weighted by Crippen LogP contribution is -2.19. The van der Waals surface area contributed by atoms with Crippen LogP contribution in [0.3, 0.4) is 0 Å². The first-order chi connectivity index (χ1) is 9.18. The highest BCUT2D eigenvalue weighted by Crippen LogP contribution is 2.15. The van der Waals surface area contributed by atoms with E-state index in [-0.39, 0.29) is 5.91 Å². The predicted octanol–water partition coefficient (Wildman–Crippen LogP) is 2.89. The van der Waals surface area contributed by atoms with Gasteiger partial charge in [0.1, 0.15) is 0 Å². The molecule has 0 aliphatic carbocycles. The van der Waals surface area contributed by atoms with Crippen molar-refractivity contribution in [3.63, 3.8) is 0 Å². The molecule has 0 bridgehead atoms. The van der Waals surface area contributed by atoms with Gasteiger partial charge in [0.15, 0.2) is 0 Å². The Morgan fingerprint density at radius 2 is 2.05 bits per heavy atom. The Morgan fingerprint density at radius 1 is 1.26 bits per heavy atom. The summed E-state index contributed by atoms with van der Waals surface area (Å²) < 4.78 is 0. The van der Waals surface area contributed by atoms with E-state index in [1.165, 1.54) is 6.20 Å². The molecular formula is C14H12ClN3O. The van der Waals surface area contributed by atoms with Gasteiger partial charge in [0.25, 0.3) is 5.91 Å². The van der Waals surface area contributed by atoms with Crippen molar-refractivity contribution in [1.82, 2.24) is 10.4 Å². The molecule has 4 nitrogen and oxygen atoms in total. The van der Waals surface area contributed by atoms with Crippen LogP contribution >= 0.6 is 11.6 Å². The average molecular weight is 274 g/mol. The summed E-state index contributed by atoms with van der Waals surface area (Å²) in [5.74, 6) is -0.306. The summed E-state index contributed by atoms with van der Waals surface area (Å²) in [5, 5.41) is 4.63. The predicted molar refractivity (Wildman–Crippen MR) is 75.4 cm³/mol. The fraction of sp³-hybridized carbons (Fsp3) is 0.0714. The van der Waals surface area contributed by atoms with Crippen LogP contribution in [0.1, 0.15) is 22.8 Å². The highest BCUT2D eigenvalue weighted by atomic mass is 35.5. The van der Waals surface area contributed by atoms with E-state index in [1.54, 1.807) is 31.3 Å². The molecule has 1 aromatic heterocycles. The summed E-state index contributed by atoms with van der Waals surface area (Å²) in [7, 11) is 0. The van der Waals surface area contributed by atoms with E-state index < -0.39 is 0 Å². The quantitative estimate of drug-likeness (QED) is 0.690. The normalized spacial score (nSPS) is 11.2. The molecule has 2 rings (SSSR count). The molecule has 1 heterocycles. The number of hydrazone groups is 1. The molecule has 0 aliphatic heterocycles. The molecule has 19 heavy (non-hydrogen) atoms. The Balaban J connectivity index is 2.11. The lowest BCUT2D eigenvalue weighted by molar-refractivity contribution is 0.0954. The molecule has 0 radical (unpaired) electrons. The Bertz CT molecular complexity index is 611. The van der Waals surface area contributed by atoms with Crippen molar-refractivity contribution in [3.8, 4) is 0 Å². The second-order valence-corrected chi connectivity index (χ2v) is 4.27. The van der Waals surface area contributed by atoms with Crippen LogP contribution in [0, 0.1) is 0 Å². The van der Waals surface area contributed by atoms with E-state index in [4.69, 9.17) is 11.6 Å². The summed E-state index contributed by atoms with van der Waals surface area (Å²) in [4.78, 5) is 15.6. The fourth-order valence-corrected chi connectivity index (χ4v) is 1.78. The van der Waals surface area contributed by atoms with E-state index in [0.29, 0.717) is 16.3 Å². The van der Waals surface area contributed by atoms with Gasteiger partial charge in [-0.25, -0.2) is 5.43 Å². The van der Waals surface area contributed by atoms with Crippen molar-refractivity contribution < 1.29 is 4.79 Å². The van der Waals surface area contributed by atoms with Gasteiger partial charge in [-0.3, -0.25) is 9.78 Å². The minimum atomic E-state index is -0.306. The number of carbonyl (C=O) groups excluding carboxylic acids is 1. The van der Waals surface area contributed by atoms with E-state index in [2.05, 4.69) is 15.5 Å². The zero-order valence-electron chi connectivity index (χ0n) is 10.3. The van der Waals surface area contributed by atoms with Crippen molar-refractivity contribution in [2.45, 2.75) is 6.92 Å². The van der Waals surface area contributed by atoms with Crippen LogP contribution in [-0.2, 0) is 0 Å². The minimum absolute atomic E-state index is 0.306. The van der Waals surface area contributed by atoms with Crippen molar-refractivity contribution >= 4 is 23.2 Å². The van der Waals surface area contributed by atoms with Crippen LogP contribution in [0.25, 0.3) is 0 Å². The highest BCUT2D eigenvalue weighted by molar-refractivity contribution is 6.34. The van der Waals surface area contributed by atoms with Gasteiger partial charge < -0.3 is 0 Å². The molecule has 96 valence electrons. The molecule has 0 aliphatic rings. The molecule has 0 unspecified atom stereocenters. The summed E-state index contributed by atoms with van der Waals surface area (Å²) in [6.45, 7) is 1.78. The Kier molecular flexibility index (Phi) is 4.26. The number of nitrogens with one attached hydrogen (secondary N) is 1. The van der Waals surface area contributed by atoms with Gasteiger partial charge in [-0.2, -0.15) is 5.10 Å². The third-order valence-corrected chi connectivity index (χ3v) is 2.84. The zero-order valence-corrected chi connectivity index (χ0v) is 11.1. The van der Waals surface area contributed by atoms with E-state index in [0.717, 1.165) is 5.56 Å².